The van der Waals surface area contributed by atoms with E-state index in [0.717, 1.165) is 32.5 Å². The van der Waals surface area contributed by atoms with E-state index in [1.807, 2.05) is 0 Å². The van der Waals surface area contributed by atoms with Gasteiger partial charge in [-0.2, -0.15) is 0 Å². The minimum Gasteiger partial charge on any atom is -0.330 e. The molecule has 0 radical (unpaired) electrons. The third-order valence-electron chi connectivity index (χ3n) is 2.27. The molecule has 0 amide bonds. The zero-order valence-electron chi connectivity index (χ0n) is 8.92. The fourth-order valence-corrected chi connectivity index (χ4v) is 1.34. The second-order valence-electron chi connectivity index (χ2n) is 3.63. The highest BCUT2D eigenvalue weighted by Crippen LogP contribution is 2.02. The maximum absolute atomic E-state index is 5.40. The van der Waals surface area contributed by atoms with Gasteiger partial charge in [0.15, 0.2) is 0 Å². The van der Waals surface area contributed by atoms with Gasteiger partial charge >= 0.3 is 0 Å². The van der Waals surface area contributed by atoms with Gasteiger partial charge in [-0.1, -0.05) is 29.8 Å². The lowest BCUT2D eigenvalue weighted by atomic mass is 10.1. The molecule has 14 heavy (non-hydrogen) atoms. The third-order valence-corrected chi connectivity index (χ3v) is 2.27. The standard InChI is InChI=1S/C12H20N2/c1-11-3-5-12(6-4-11)7-10-14-9-2-8-13/h3-6,14H,2,7-10,13H2,1H3. The minimum atomic E-state index is 0.775. The zero-order valence-corrected chi connectivity index (χ0v) is 8.92. The van der Waals surface area contributed by atoms with Crippen LogP contribution in [0.15, 0.2) is 24.3 Å². The topological polar surface area (TPSA) is 38.0 Å². The first kappa shape index (κ1) is 11.2. The van der Waals surface area contributed by atoms with Crippen LogP contribution in [0.1, 0.15) is 17.5 Å². The molecular formula is C12H20N2. The van der Waals surface area contributed by atoms with Gasteiger partial charge in [-0.15, -0.1) is 0 Å². The van der Waals surface area contributed by atoms with Crippen LogP contribution in [0, 0.1) is 6.92 Å². The normalized spacial score (nSPS) is 10.4. The van der Waals surface area contributed by atoms with Gasteiger partial charge in [-0.25, -0.2) is 0 Å². The molecular weight excluding hydrogens is 172 g/mol. The Labute approximate surface area is 86.5 Å². The Morgan fingerprint density at radius 1 is 1.14 bits per heavy atom. The molecule has 0 aromatic heterocycles. The molecule has 2 heteroatoms. The Kier molecular flexibility index (Phi) is 5.27. The third kappa shape index (κ3) is 4.40. The maximum atomic E-state index is 5.40. The van der Waals surface area contributed by atoms with Crippen LogP contribution in [-0.4, -0.2) is 19.6 Å². The smallest absolute Gasteiger partial charge is 0.000834 e. The van der Waals surface area contributed by atoms with Crippen LogP contribution in [0.5, 0.6) is 0 Å². The highest BCUT2D eigenvalue weighted by Gasteiger charge is 1.92. The van der Waals surface area contributed by atoms with Crippen LogP contribution in [0.25, 0.3) is 0 Å². The van der Waals surface area contributed by atoms with Crippen LogP contribution < -0.4 is 11.1 Å². The lowest BCUT2D eigenvalue weighted by Crippen LogP contribution is -2.20. The summed E-state index contributed by atoms with van der Waals surface area (Å²) >= 11 is 0. The summed E-state index contributed by atoms with van der Waals surface area (Å²) in [6.07, 6.45) is 2.17. The fraction of sp³-hybridized carbons (Fsp3) is 0.500. The molecule has 3 N–H and O–H groups in total. The molecule has 0 aliphatic rings. The van der Waals surface area contributed by atoms with E-state index in [1.54, 1.807) is 0 Å². The molecule has 1 aromatic carbocycles. The molecule has 0 fully saturated rings. The van der Waals surface area contributed by atoms with E-state index in [1.165, 1.54) is 11.1 Å². The van der Waals surface area contributed by atoms with Crippen LogP contribution in [0.4, 0.5) is 0 Å². The average molecular weight is 192 g/mol. The van der Waals surface area contributed by atoms with Gasteiger partial charge in [0, 0.05) is 0 Å². The van der Waals surface area contributed by atoms with Crippen molar-refractivity contribution in [2.45, 2.75) is 19.8 Å². The van der Waals surface area contributed by atoms with Gasteiger partial charge in [0.2, 0.25) is 0 Å². The molecule has 0 heterocycles. The second kappa shape index (κ2) is 6.57. The number of benzene rings is 1. The summed E-state index contributed by atoms with van der Waals surface area (Å²) in [6.45, 7) is 4.96. The number of hydrogen-bond acceptors (Lipinski definition) is 2. The second-order valence-corrected chi connectivity index (χ2v) is 3.63. The number of aryl methyl sites for hydroxylation is 1. The Morgan fingerprint density at radius 3 is 2.50 bits per heavy atom. The first-order valence-electron chi connectivity index (χ1n) is 5.29. The van der Waals surface area contributed by atoms with Gasteiger partial charge < -0.3 is 11.1 Å². The number of rotatable bonds is 6. The predicted octanol–water partition coefficient (Wildman–Crippen LogP) is 1.48. The van der Waals surface area contributed by atoms with Crippen molar-refractivity contribution in [3.8, 4) is 0 Å². The van der Waals surface area contributed by atoms with Crippen molar-refractivity contribution in [3.63, 3.8) is 0 Å². The van der Waals surface area contributed by atoms with E-state index >= 15 is 0 Å². The SMILES string of the molecule is Cc1ccc(CCNCCCN)cc1. The summed E-state index contributed by atoms with van der Waals surface area (Å²) in [6, 6.07) is 8.71. The van der Waals surface area contributed by atoms with Crippen LogP contribution in [-0.2, 0) is 6.42 Å². The molecule has 0 saturated heterocycles. The van der Waals surface area contributed by atoms with Gasteiger partial charge in [-0.3, -0.25) is 0 Å². The summed E-state index contributed by atoms with van der Waals surface area (Å²) in [5, 5.41) is 3.37. The summed E-state index contributed by atoms with van der Waals surface area (Å²) in [4.78, 5) is 0. The minimum absolute atomic E-state index is 0.775. The van der Waals surface area contributed by atoms with Crippen LogP contribution >= 0.6 is 0 Å². The summed E-state index contributed by atoms with van der Waals surface area (Å²) < 4.78 is 0. The van der Waals surface area contributed by atoms with Crippen molar-refractivity contribution >= 4 is 0 Å². The zero-order chi connectivity index (χ0) is 10.2. The monoisotopic (exact) mass is 192 g/mol. The Hall–Kier alpha value is -0.860. The molecule has 0 aliphatic carbocycles. The molecule has 0 spiro atoms. The molecule has 0 unspecified atom stereocenters. The average Bonchev–Trinajstić information content (AvgIpc) is 2.21. The van der Waals surface area contributed by atoms with E-state index < -0.39 is 0 Å². The van der Waals surface area contributed by atoms with E-state index in [9.17, 15) is 0 Å². The summed E-state index contributed by atoms with van der Waals surface area (Å²) in [5.41, 5.74) is 8.12. The van der Waals surface area contributed by atoms with E-state index in [4.69, 9.17) is 5.73 Å². The highest BCUT2D eigenvalue weighted by atomic mass is 14.8. The maximum Gasteiger partial charge on any atom is -0.000834 e. The Morgan fingerprint density at radius 2 is 1.86 bits per heavy atom. The molecule has 1 rings (SSSR count). The van der Waals surface area contributed by atoms with E-state index in [-0.39, 0.29) is 0 Å². The van der Waals surface area contributed by atoms with Crippen molar-refractivity contribution in [3.05, 3.63) is 35.4 Å². The van der Waals surface area contributed by atoms with Crippen molar-refractivity contribution in [1.29, 1.82) is 0 Å². The van der Waals surface area contributed by atoms with Crippen molar-refractivity contribution in [1.82, 2.24) is 5.32 Å². The Balaban J connectivity index is 2.15. The molecule has 1 aromatic rings. The quantitative estimate of drug-likeness (QED) is 0.670. The van der Waals surface area contributed by atoms with Crippen LogP contribution in [0.2, 0.25) is 0 Å². The van der Waals surface area contributed by atoms with Gasteiger partial charge in [0.05, 0.1) is 0 Å². The summed E-state index contributed by atoms with van der Waals surface area (Å²) in [5.74, 6) is 0. The predicted molar refractivity (Wildman–Crippen MR) is 61.4 cm³/mol. The lowest BCUT2D eigenvalue weighted by molar-refractivity contribution is 0.653. The largest absolute Gasteiger partial charge is 0.330 e. The fourth-order valence-electron chi connectivity index (χ4n) is 1.34. The van der Waals surface area contributed by atoms with Crippen molar-refractivity contribution < 1.29 is 0 Å². The molecule has 78 valence electrons. The van der Waals surface area contributed by atoms with Crippen LogP contribution in [0.3, 0.4) is 0 Å². The van der Waals surface area contributed by atoms with Crippen molar-refractivity contribution in [2.75, 3.05) is 19.6 Å². The first-order valence-corrected chi connectivity index (χ1v) is 5.29. The summed E-state index contributed by atoms with van der Waals surface area (Å²) in [7, 11) is 0. The van der Waals surface area contributed by atoms with Gasteiger partial charge in [-0.05, 0) is 45.0 Å². The first-order chi connectivity index (χ1) is 6.83. The number of nitrogens with two attached hydrogens (primary N) is 1. The Bertz CT molecular complexity index is 241. The molecule has 2 nitrogen and oxygen atoms in total. The van der Waals surface area contributed by atoms with E-state index in [2.05, 4.69) is 36.5 Å². The highest BCUT2D eigenvalue weighted by molar-refractivity contribution is 5.21. The van der Waals surface area contributed by atoms with E-state index in [0.29, 0.717) is 0 Å². The molecule has 0 atom stereocenters. The number of hydrogen-bond donors (Lipinski definition) is 2. The molecule has 0 saturated carbocycles. The molecule has 0 aliphatic heterocycles. The lowest BCUT2D eigenvalue weighted by Gasteiger charge is -2.04. The van der Waals surface area contributed by atoms with Gasteiger partial charge in [0.1, 0.15) is 0 Å². The van der Waals surface area contributed by atoms with Gasteiger partial charge in [0.25, 0.3) is 0 Å². The van der Waals surface area contributed by atoms with Crippen molar-refractivity contribution in [2.24, 2.45) is 5.73 Å². The number of nitrogens with one attached hydrogen (secondary N) is 1. The molecule has 0 bridgehead atoms.